The predicted octanol–water partition coefficient (Wildman–Crippen LogP) is 3.38. The van der Waals surface area contributed by atoms with Crippen molar-refractivity contribution in [1.29, 1.82) is 0 Å². The lowest BCUT2D eigenvalue weighted by atomic mass is 9.93. The molecule has 1 aromatic rings. The van der Waals surface area contributed by atoms with Gasteiger partial charge in [-0.05, 0) is 37.5 Å². The molecule has 0 unspecified atom stereocenters. The minimum Gasteiger partial charge on any atom is -0.326 e. The predicted molar refractivity (Wildman–Crippen MR) is 97.0 cm³/mol. The van der Waals surface area contributed by atoms with Crippen LogP contribution < -0.4 is 10.6 Å². The molecule has 4 nitrogen and oxygen atoms in total. The first-order valence-electron chi connectivity index (χ1n) is 8.52. The summed E-state index contributed by atoms with van der Waals surface area (Å²) in [6.07, 6.45) is 4.53. The minimum absolute atomic E-state index is 0.0616. The summed E-state index contributed by atoms with van der Waals surface area (Å²) in [5.41, 5.74) is 1.96. The lowest BCUT2D eigenvalue weighted by Gasteiger charge is -2.34. The summed E-state index contributed by atoms with van der Waals surface area (Å²) in [6, 6.07) is 8.41. The normalized spacial score (nSPS) is 24.0. The molecular formula is C18H28N2O2S. The molecule has 0 radical (unpaired) electrons. The molecule has 1 aliphatic rings. The van der Waals surface area contributed by atoms with Gasteiger partial charge in [0.05, 0.1) is 5.25 Å². The van der Waals surface area contributed by atoms with Gasteiger partial charge in [0.1, 0.15) is 0 Å². The van der Waals surface area contributed by atoms with Crippen molar-refractivity contribution in [2.24, 2.45) is 0 Å². The number of rotatable bonds is 6. The van der Waals surface area contributed by atoms with E-state index in [4.69, 9.17) is 0 Å². The van der Waals surface area contributed by atoms with E-state index in [1.54, 1.807) is 0 Å². The van der Waals surface area contributed by atoms with E-state index in [2.05, 4.69) is 23.6 Å². The third-order valence-electron chi connectivity index (χ3n) is 4.50. The molecule has 1 fully saturated rings. The van der Waals surface area contributed by atoms with Crippen molar-refractivity contribution in [3.63, 3.8) is 0 Å². The average Bonchev–Trinajstić information content (AvgIpc) is 2.54. The number of carbonyl (C=O) groups excluding carboxylic acids is 1. The van der Waals surface area contributed by atoms with E-state index in [9.17, 15) is 9.00 Å². The van der Waals surface area contributed by atoms with Crippen LogP contribution in [0.25, 0.3) is 0 Å². The Labute approximate surface area is 141 Å². The molecule has 1 aliphatic carbocycles. The van der Waals surface area contributed by atoms with Gasteiger partial charge in [-0.15, -0.1) is 0 Å². The van der Waals surface area contributed by atoms with E-state index in [1.165, 1.54) is 19.8 Å². The van der Waals surface area contributed by atoms with Crippen molar-refractivity contribution in [3.05, 3.63) is 29.8 Å². The summed E-state index contributed by atoms with van der Waals surface area (Å²) in [4.78, 5) is 11.2. The molecule has 2 N–H and O–H groups in total. The van der Waals surface area contributed by atoms with E-state index >= 15 is 0 Å². The van der Waals surface area contributed by atoms with Gasteiger partial charge in [-0.3, -0.25) is 9.00 Å². The summed E-state index contributed by atoms with van der Waals surface area (Å²) in [5.74, 6) is 0.670. The smallest absolute Gasteiger partial charge is 0.221 e. The Morgan fingerprint density at radius 2 is 2.09 bits per heavy atom. The molecule has 0 bridgehead atoms. The molecule has 128 valence electrons. The maximum absolute atomic E-state index is 12.3. The number of carbonyl (C=O) groups is 1. The fourth-order valence-electron chi connectivity index (χ4n) is 3.32. The van der Waals surface area contributed by atoms with Crippen molar-refractivity contribution in [2.45, 2.75) is 63.8 Å². The quantitative estimate of drug-likeness (QED) is 0.837. The van der Waals surface area contributed by atoms with Crippen molar-refractivity contribution in [2.75, 3.05) is 11.1 Å². The van der Waals surface area contributed by atoms with Gasteiger partial charge in [0.15, 0.2) is 0 Å². The Hall–Kier alpha value is -1.20. The lowest BCUT2D eigenvalue weighted by Crippen LogP contribution is -2.45. The van der Waals surface area contributed by atoms with Crippen LogP contribution in [0, 0.1) is 0 Å². The van der Waals surface area contributed by atoms with Crippen LogP contribution >= 0.6 is 0 Å². The topological polar surface area (TPSA) is 58.2 Å². The van der Waals surface area contributed by atoms with Crippen LogP contribution in [-0.4, -0.2) is 27.2 Å². The van der Waals surface area contributed by atoms with E-state index in [0.717, 1.165) is 29.8 Å². The summed E-state index contributed by atoms with van der Waals surface area (Å²) in [5, 5.41) is 6.76. The zero-order chi connectivity index (χ0) is 16.8. The molecule has 1 amide bonds. The largest absolute Gasteiger partial charge is 0.326 e. The Kier molecular flexibility index (Phi) is 6.78. The van der Waals surface area contributed by atoms with Crippen LogP contribution in [0.3, 0.4) is 0 Å². The van der Waals surface area contributed by atoms with E-state index < -0.39 is 10.8 Å². The van der Waals surface area contributed by atoms with Crippen LogP contribution in [0.15, 0.2) is 24.3 Å². The molecule has 0 spiro atoms. The number of benzene rings is 1. The molecule has 1 saturated carbocycles. The number of hydrogen-bond acceptors (Lipinski definition) is 3. The van der Waals surface area contributed by atoms with E-state index in [0.29, 0.717) is 6.04 Å². The summed E-state index contributed by atoms with van der Waals surface area (Å²) < 4.78 is 12.3. The van der Waals surface area contributed by atoms with Crippen LogP contribution in [0.2, 0.25) is 0 Å². The molecular weight excluding hydrogens is 308 g/mol. The fraction of sp³-hybridized carbons (Fsp3) is 0.611. The molecule has 23 heavy (non-hydrogen) atoms. The first-order valence-corrected chi connectivity index (χ1v) is 9.90. The van der Waals surface area contributed by atoms with Crippen molar-refractivity contribution >= 4 is 22.4 Å². The summed E-state index contributed by atoms with van der Waals surface area (Å²) in [6.45, 7) is 5.65. The first kappa shape index (κ1) is 18.1. The third-order valence-corrected chi connectivity index (χ3v) is 6.30. The van der Waals surface area contributed by atoms with Gasteiger partial charge >= 0.3 is 0 Å². The van der Waals surface area contributed by atoms with Crippen LogP contribution in [0.5, 0.6) is 0 Å². The molecule has 0 saturated heterocycles. The second kappa shape index (κ2) is 8.60. The highest BCUT2D eigenvalue weighted by atomic mass is 32.2. The van der Waals surface area contributed by atoms with Gasteiger partial charge in [-0.2, -0.15) is 0 Å². The van der Waals surface area contributed by atoms with Gasteiger partial charge in [0.25, 0.3) is 0 Å². The second-order valence-electron chi connectivity index (χ2n) is 6.29. The Morgan fingerprint density at radius 3 is 2.78 bits per heavy atom. The molecule has 0 aliphatic heterocycles. The van der Waals surface area contributed by atoms with Crippen molar-refractivity contribution in [1.82, 2.24) is 5.32 Å². The summed E-state index contributed by atoms with van der Waals surface area (Å²) in [7, 11) is -0.748. The molecule has 2 rings (SSSR count). The SMILES string of the molecule is CC[S@](=O)[C@@H]1CCCC[C@H]1N[C@@H](C)c1cccc(NC(C)=O)c1. The zero-order valence-electron chi connectivity index (χ0n) is 14.3. The van der Waals surface area contributed by atoms with Crippen LogP contribution in [-0.2, 0) is 15.6 Å². The molecule has 4 atom stereocenters. The Bertz CT molecular complexity index is 562. The molecule has 1 aromatic carbocycles. The molecule has 5 heteroatoms. The highest BCUT2D eigenvalue weighted by Gasteiger charge is 2.30. The van der Waals surface area contributed by atoms with Crippen molar-refractivity contribution in [3.8, 4) is 0 Å². The molecule has 0 heterocycles. The van der Waals surface area contributed by atoms with Gasteiger partial charge in [0, 0.05) is 41.2 Å². The highest BCUT2D eigenvalue weighted by Crippen LogP contribution is 2.26. The minimum atomic E-state index is -0.748. The summed E-state index contributed by atoms with van der Waals surface area (Å²) >= 11 is 0. The number of amides is 1. The van der Waals surface area contributed by atoms with E-state index in [1.807, 2.05) is 25.1 Å². The highest BCUT2D eigenvalue weighted by molar-refractivity contribution is 7.85. The Morgan fingerprint density at radius 1 is 1.35 bits per heavy atom. The van der Waals surface area contributed by atoms with Gasteiger partial charge in [0.2, 0.25) is 5.91 Å². The maximum Gasteiger partial charge on any atom is 0.221 e. The van der Waals surface area contributed by atoms with Gasteiger partial charge in [-0.25, -0.2) is 0 Å². The first-order chi connectivity index (χ1) is 11.0. The van der Waals surface area contributed by atoms with E-state index in [-0.39, 0.29) is 17.2 Å². The standard InChI is InChI=1S/C18H28N2O2S/c1-4-23(22)18-11-6-5-10-17(18)19-13(2)15-8-7-9-16(12-15)20-14(3)21/h7-9,12-13,17-19H,4-6,10-11H2,1-3H3,(H,20,21)/t13-,17+,18+,23-/m0/s1. The van der Waals surface area contributed by atoms with Gasteiger partial charge < -0.3 is 10.6 Å². The lowest BCUT2D eigenvalue weighted by molar-refractivity contribution is -0.114. The van der Waals surface area contributed by atoms with Crippen molar-refractivity contribution < 1.29 is 9.00 Å². The molecule has 0 aromatic heterocycles. The zero-order valence-corrected chi connectivity index (χ0v) is 15.1. The number of hydrogen-bond donors (Lipinski definition) is 2. The number of anilines is 1. The fourth-order valence-corrected chi connectivity index (χ4v) is 4.76. The third kappa shape index (κ3) is 5.15. The van der Waals surface area contributed by atoms with Gasteiger partial charge in [-0.1, -0.05) is 31.9 Å². The second-order valence-corrected chi connectivity index (χ2v) is 8.24. The monoisotopic (exact) mass is 336 g/mol. The maximum atomic E-state index is 12.3. The number of nitrogens with one attached hydrogen (secondary N) is 2. The average molecular weight is 337 g/mol. The van der Waals surface area contributed by atoms with Crippen LogP contribution in [0.1, 0.15) is 58.1 Å². The van der Waals surface area contributed by atoms with Crippen LogP contribution in [0.4, 0.5) is 5.69 Å². The Balaban J connectivity index is 2.06.